The van der Waals surface area contributed by atoms with Crippen LogP contribution in [-0.4, -0.2) is 82.2 Å². The van der Waals surface area contributed by atoms with Crippen molar-refractivity contribution < 1.29 is 24.2 Å². The largest absolute Gasteiger partial charge is 0.394 e. The lowest BCUT2D eigenvalue weighted by Gasteiger charge is -2.41. The van der Waals surface area contributed by atoms with E-state index in [9.17, 15) is 14.7 Å². The van der Waals surface area contributed by atoms with Crippen LogP contribution in [0.25, 0.3) is 0 Å². The molecule has 4 rings (SSSR count). The lowest BCUT2D eigenvalue weighted by molar-refractivity contribution is -0.154. The van der Waals surface area contributed by atoms with Gasteiger partial charge in [-0.2, -0.15) is 0 Å². The first-order valence-electron chi connectivity index (χ1n) is 15.9. The first-order chi connectivity index (χ1) is 20.4. The summed E-state index contributed by atoms with van der Waals surface area (Å²) >= 11 is 0. The molecule has 236 valence electrons. The third-order valence-corrected chi connectivity index (χ3v) is 10.5. The Morgan fingerprint density at radius 2 is 1.79 bits per heavy atom. The maximum absolute atomic E-state index is 15.1. The summed E-state index contributed by atoms with van der Waals surface area (Å²) in [5.74, 6) is -2.41. The summed E-state index contributed by atoms with van der Waals surface area (Å²) in [5.41, 5.74) is 0.535. The van der Waals surface area contributed by atoms with Gasteiger partial charge in [-0.3, -0.25) is 14.4 Å². The molecule has 3 fully saturated rings. The lowest BCUT2D eigenvalue weighted by Crippen LogP contribution is -2.60. The quantitative estimate of drug-likeness (QED) is 0.336. The van der Waals surface area contributed by atoms with Crippen molar-refractivity contribution in [1.29, 1.82) is 0 Å². The van der Waals surface area contributed by atoms with E-state index in [2.05, 4.69) is 20.1 Å². The molecule has 3 saturated heterocycles. The van der Waals surface area contributed by atoms with Crippen LogP contribution in [0.15, 0.2) is 43.5 Å². The van der Waals surface area contributed by atoms with Crippen LogP contribution < -0.4 is 4.90 Å². The molecule has 1 spiro atoms. The number of ether oxygens (including phenoxy) is 1. The molecule has 0 aliphatic carbocycles. The van der Waals surface area contributed by atoms with Crippen molar-refractivity contribution in [2.45, 2.75) is 91.0 Å². The van der Waals surface area contributed by atoms with Crippen LogP contribution in [0.3, 0.4) is 0 Å². The maximum atomic E-state index is 15.1. The molecule has 3 amide bonds. The molecule has 8 atom stereocenters. The van der Waals surface area contributed by atoms with Crippen molar-refractivity contribution in [2.24, 2.45) is 23.7 Å². The van der Waals surface area contributed by atoms with Crippen molar-refractivity contribution in [3.05, 3.63) is 54.6 Å². The third kappa shape index (κ3) is 5.04. The molecule has 3 aliphatic rings. The maximum Gasteiger partial charge on any atom is 0.253 e. The van der Waals surface area contributed by atoms with E-state index < -0.39 is 35.1 Å². The molecule has 8 nitrogen and oxygen atoms in total. The zero-order valence-corrected chi connectivity index (χ0v) is 27.1. The van der Waals surface area contributed by atoms with Gasteiger partial charge in [-0.15, -0.1) is 13.2 Å². The van der Waals surface area contributed by atoms with E-state index in [4.69, 9.17) is 4.74 Å². The Bertz CT molecular complexity index is 1240. The first kappa shape index (κ1) is 32.9. The molecule has 3 heterocycles. The Labute approximate surface area is 257 Å². The van der Waals surface area contributed by atoms with Gasteiger partial charge in [0.25, 0.3) is 5.91 Å². The number of para-hydroxylation sites is 1. The molecule has 2 bridgehead atoms. The molecule has 43 heavy (non-hydrogen) atoms. The fourth-order valence-electron chi connectivity index (χ4n) is 8.22. The van der Waals surface area contributed by atoms with Gasteiger partial charge in [-0.05, 0) is 56.6 Å². The molecular weight excluding hydrogens is 542 g/mol. The van der Waals surface area contributed by atoms with E-state index in [-0.39, 0.29) is 42.7 Å². The number of hydrogen-bond donors (Lipinski definition) is 1. The van der Waals surface area contributed by atoms with Crippen molar-refractivity contribution in [1.82, 2.24) is 9.80 Å². The molecule has 1 aromatic carbocycles. The topological polar surface area (TPSA) is 90.4 Å². The molecule has 8 heteroatoms. The number of fused-ring (bicyclic) bond motifs is 1. The van der Waals surface area contributed by atoms with Gasteiger partial charge < -0.3 is 24.5 Å². The highest BCUT2D eigenvalue weighted by atomic mass is 16.5. The Balaban J connectivity index is 1.94. The lowest BCUT2D eigenvalue weighted by atomic mass is 9.62. The van der Waals surface area contributed by atoms with Gasteiger partial charge >= 0.3 is 0 Å². The molecule has 3 unspecified atom stereocenters. The monoisotopic (exact) mass is 593 g/mol. The van der Waals surface area contributed by atoms with Gasteiger partial charge in [-0.1, -0.05) is 64.5 Å². The number of benzene rings is 1. The highest BCUT2D eigenvalue weighted by molar-refractivity contribution is 6.06. The van der Waals surface area contributed by atoms with Crippen LogP contribution in [0.5, 0.6) is 0 Å². The van der Waals surface area contributed by atoms with Crippen LogP contribution in [0.2, 0.25) is 0 Å². The predicted octanol–water partition coefficient (Wildman–Crippen LogP) is 4.66. The fraction of sp³-hybridized carbons (Fsp3) is 0.629. The number of amides is 3. The van der Waals surface area contributed by atoms with Gasteiger partial charge in [0.2, 0.25) is 11.8 Å². The molecule has 0 saturated carbocycles. The summed E-state index contributed by atoms with van der Waals surface area (Å²) in [7, 11) is 0. The fourth-order valence-corrected chi connectivity index (χ4v) is 8.22. The van der Waals surface area contributed by atoms with Gasteiger partial charge in [0.15, 0.2) is 0 Å². The molecule has 1 aromatic rings. The average Bonchev–Trinajstić information content (AvgIpc) is 3.48. The summed E-state index contributed by atoms with van der Waals surface area (Å²) in [5, 5.41) is 10.7. The van der Waals surface area contributed by atoms with Gasteiger partial charge in [0.1, 0.15) is 11.6 Å². The van der Waals surface area contributed by atoms with Gasteiger partial charge in [-0.25, -0.2) is 0 Å². The van der Waals surface area contributed by atoms with Crippen LogP contribution in [-0.2, 0) is 19.1 Å². The van der Waals surface area contributed by atoms with Crippen molar-refractivity contribution >= 4 is 23.4 Å². The standard InChI is InChI=1S/C35H51N3O5/c1-10-17-36(18-11-2)31(40)27-28-32(41)38(26(21-39)22(5)13-4)30(35(28)20-25(8)34(27,9)43-35)33(42)37(19-12-3)29-23(6)15-14-16-24(29)7/h10,12,14-16,22,25-28,30,39H,1,3,11,13,17-21H2,2,4-9H3/t22-,25?,26-,27-,28-,30?,34+,35?/m0/s1. The summed E-state index contributed by atoms with van der Waals surface area (Å²) in [6.07, 6.45) is 5.35. The van der Waals surface area contributed by atoms with Crippen LogP contribution >= 0.6 is 0 Å². The smallest absolute Gasteiger partial charge is 0.253 e. The van der Waals surface area contributed by atoms with E-state index >= 15 is 4.79 Å². The van der Waals surface area contributed by atoms with Crippen molar-refractivity contribution in [3.8, 4) is 0 Å². The van der Waals surface area contributed by atoms with E-state index in [0.29, 0.717) is 25.9 Å². The molecule has 0 aromatic heterocycles. The minimum atomic E-state index is -1.20. The summed E-state index contributed by atoms with van der Waals surface area (Å²) in [6.45, 7) is 22.6. The number of aliphatic hydroxyl groups excluding tert-OH is 1. The minimum Gasteiger partial charge on any atom is -0.394 e. The number of carbonyl (C=O) groups is 3. The van der Waals surface area contributed by atoms with E-state index in [0.717, 1.165) is 23.2 Å². The highest BCUT2D eigenvalue weighted by Gasteiger charge is 2.80. The third-order valence-electron chi connectivity index (χ3n) is 10.5. The van der Waals surface area contributed by atoms with Crippen LogP contribution in [0.1, 0.15) is 65.0 Å². The average molecular weight is 594 g/mol. The summed E-state index contributed by atoms with van der Waals surface area (Å²) < 4.78 is 7.00. The zero-order chi connectivity index (χ0) is 31.9. The number of anilines is 1. The number of rotatable bonds is 13. The van der Waals surface area contributed by atoms with Crippen molar-refractivity contribution in [2.75, 3.05) is 31.1 Å². The Morgan fingerprint density at radius 1 is 1.16 bits per heavy atom. The van der Waals surface area contributed by atoms with Crippen LogP contribution in [0, 0.1) is 37.5 Å². The molecule has 0 radical (unpaired) electrons. The normalized spacial score (nSPS) is 30.6. The van der Waals surface area contributed by atoms with Gasteiger partial charge in [0.05, 0.1) is 30.1 Å². The van der Waals surface area contributed by atoms with E-state index in [1.165, 1.54) is 0 Å². The molecule has 1 N–H and O–H groups in total. The first-order valence-corrected chi connectivity index (χ1v) is 15.9. The van der Waals surface area contributed by atoms with Crippen molar-refractivity contribution in [3.63, 3.8) is 0 Å². The van der Waals surface area contributed by atoms with Gasteiger partial charge in [0, 0.05) is 25.3 Å². The second-order valence-electron chi connectivity index (χ2n) is 13.1. The number of aliphatic hydroxyl groups is 1. The predicted molar refractivity (Wildman–Crippen MR) is 169 cm³/mol. The van der Waals surface area contributed by atoms with E-state index in [1.54, 1.807) is 26.9 Å². The number of likely N-dealkylation sites (tertiary alicyclic amines) is 1. The Kier molecular flexibility index (Phi) is 9.62. The van der Waals surface area contributed by atoms with Crippen LogP contribution in [0.4, 0.5) is 5.69 Å². The number of carbonyl (C=O) groups excluding carboxylic acids is 3. The zero-order valence-electron chi connectivity index (χ0n) is 27.1. The summed E-state index contributed by atoms with van der Waals surface area (Å²) in [4.78, 5) is 49.4. The number of aryl methyl sites for hydroxylation is 2. The highest BCUT2D eigenvalue weighted by Crippen LogP contribution is 2.66. The summed E-state index contributed by atoms with van der Waals surface area (Å²) in [6, 6.07) is 4.29. The molecule has 3 aliphatic heterocycles. The minimum absolute atomic E-state index is 0.0721. The second-order valence-corrected chi connectivity index (χ2v) is 13.1. The van der Waals surface area contributed by atoms with E-state index in [1.807, 2.05) is 59.7 Å². The second kappa shape index (κ2) is 12.6. The Morgan fingerprint density at radius 3 is 2.33 bits per heavy atom. The Hall–Kier alpha value is -2.97. The molecular formula is C35H51N3O5. The number of hydrogen-bond acceptors (Lipinski definition) is 5. The SMILES string of the molecule is C=CCN(CCC)C(=O)[C@@H]1[C@H]2C(=O)N([C@@H](CO)[C@@H](C)CC)C(C(=O)N(CC=C)c3c(C)cccc3C)C23CC(C)[C@@]1(C)O3. The number of nitrogens with zero attached hydrogens (tertiary/aromatic N) is 3.